The highest BCUT2D eigenvalue weighted by Crippen LogP contribution is 2.33. The third kappa shape index (κ3) is 2.68. The zero-order chi connectivity index (χ0) is 13.9. The molecule has 0 bridgehead atoms. The number of nitrogens with zero attached hydrogens (tertiary/aromatic N) is 1. The minimum atomic E-state index is 0.593. The summed E-state index contributed by atoms with van der Waals surface area (Å²) in [6, 6.07) is 19.6. The molecule has 0 spiro atoms. The lowest BCUT2D eigenvalue weighted by molar-refractivity contribution is 0.356. The van der Waals surface area contributed by atoms with Gasteiger partial charge in [0.25, 0.3) is 0 Å². The van der Waals surface area contributed by atoms with Crippen LogP contribution in [-0.4, -0.2) is 25.5 Å². The van der Waals surface area contributed by atoms with E-state index in [1.807, 2.05) is 0 Å². The molecule has 0 saturated heterocycles. The molecule has 0 amide bonds. The van der Waals surface area contributed by atoms with Gasteiger partial charge in [0, 0.05) is 6.54 Å². The third-order valence-corrected chi connectivity index (χ3v) is 3.88. The van der Waals surface area contributed by atoms with Crippen molar-refractivity contribution in [1.82, 2.24) is 4.90 Å². The van der Waals surface area contributed by atoms with E-state index in [0.29, 0.717) is 5.92 Å². The van der Waals surface area contributed by atoms with E-state index in [-0.39, 0.29) is 0 Å². The first-order valence-corrected chi connectivity index (χ1v) is 7.24. The highest BCUT2D eigenvalue weighted by Gasteiger charge is 2.20. The number of fused-ring (bicyclic) bond motifs is 1. The Morgan fingerprint density at radius 1 is 0.950 bits per heavy atom. The van der Waals surface area contributed by atoms with Crippen LogP contribution in [0.25, 0.3) is 5.57 Å². The van der Waals surface area contributed by atoms with Gasteiger partial charge in [0.1, 0.15) is 0 Å². The average molecular weight is 263 g/mol. The molecule has 0 heterocycles. The molecule has 0 N–H and O–H groups in total. The van der Waals surface area contributed by atoms with Gasteiger partial charge in [0.05, 0.1) is 0 Å². The van der Waals surface area contributed by atoms with E-state index >= 15 is 0 Å². The molecule has 1 aliphatic rings. The molecule has 3 rings (SSSR count). The van der Waals surface area contributed by atoms with Gasteiger partial charge in [-0.2, -0.15) is 0 Å². The molecule has 0 aliphatic heterocycles. The van der Waals surface area contributed by atoms with Crippen LogP contribution in [0.15, 0.2) is 60.7 Å². The van der Waals surface area contributed by atoms with Gasteiger partial charge in [-0.3, -0.25) is 0 Å². The number of hydrogen-bond donors (Lipinski definition) is 0. The molecule has 0 fully saturated rings. The Kier molecular flexibility index (Phi) is 3.70. The molecule has 1 aliphatic carbocycles. The zero-order valence-electron chi connectivity index (χ0n) is 12.2. The maximum atomic E-state index is 2.46. The van der Waals surface area contributed by atoms with Crippen molar-refractivity contribution < 1.29 is 0 Å². The predicted octanol–water partition coefficient (Wildman–Crippen LogP) is 3.85. The minimum absolute atomic E-state index is 0.593. The second-order valence-electron chi connectivity index (χ2n) is 5.83. The molecular formula is C19H21N. The number of hydrogen-bond acceptors (Lipinski definition) is 1. The molecule has 0 saturated carbocycles. The fourth-order valence-corrected chi connectivity index (χ4v) is 3.08. The molecular weight excluding hydrogens is 242 g/mol. The van der Waals surface area contributed by atoms with Crippen LogP contribution >= 0.6 is 0 Å². The summed E-state index contributed by atoms with van der Waals surface area (Å²) >= 11 is 0. The monoisotopic (exact) mass is 263 g/mol. The lowest BCUT2D eigenvalue weighted by Gasteiger charge is -2.26. The normalized spacial score (nSPS) is 17.8. The molecule has 102 valence electrons. The van der Waals surface area contributed by atoms with Gasteiger partial charge in [0.2, 0.25) is 0 Å². The first-order chi connectivity index (χ1) is 9.74. The van der Waals surface area contributed by atoms with Crippen LogP contribution in [-0.2, 0) is 6.42 Å². The Bertz CT molecular complexity index is 611. The molecule has 1 unspecified atom stereocenters. The Balaban J connectivity index is 2.05. The summed E-state index contributed by atoms with van der Waals surface area (Å²) in [4.78, 5) is 2.28. The quantitative estimate of drug-likeness (QED) is 0.813. The molecule has 2 aromatic carbocycles. The van der Waals surface area contributed by atoms with E-state index in [1.54, 1.807) is 0 Å². The van der Waals surface area contributed by atoms with Crippen LogP contribution in [0.1, 0.15) is 16.7 Å². The SMILES string of the molecule is CN(C)CC1C=C(c2ccccc2)c2ccccc2C1. The summed E-state index contributed by atoms with van der Waals surface area (Å²) < 4.78 is 0. The fourth-order valence-electron chi connectivity index (χ4n) is 3.08. The summed E-state index contributed by atoms with van der Waals surface area (Å²) in [5, 5.41) is 0. The molecule has 0 radical (unpaired) electrons. The molecule has 2 aromatic rings. The number of benzene rings is 2. The summed E-state index contributed by atoms with van der Waals surface area (Å²) in [5.74, 6) is 0.593. The predicted molar refractivity (Wildman–Crippen MR) is 85.7 cm³/mol. The van der Waals surface area contributed by atoms with Gasteiger partial charge >= 0.3 is 0 Å². The van der Waals surface area contributed by atoms with E-state index in [9.17, 15) is 0 Å². The van der Waals surface area contributed by atoms with Crippen LogP contribution < -0.4 is 0 Å². The van der Waals surface area contributed by atoms with E-state index < -0.39 is 0 Å². The van der Waals surface area contributed by atoms with Gasteiger partial charge in [-0.25, -0.2) is 0 Å². The molecule has 20 heavy (non-hydrogen) atoms. The molecule has 1 nitrogen and oxygen atoms in total. The van der Waals surface area contributed by atoms with E-state index in [1.165, 1.54) is 22.3 Å². The van der Waals surface area contributed by atoms with Crippen molar-refractivity contribution in [3.8, 4) is 0 Å². The van der Waals surface area contributed by atoms with Gasteiger partial charge in [-0.15, -0.1) is 0 Å². The summed E-state index contributed by atoms with van der Waals surface area (Å²) in [6.07, 6.45) is 3.60. The average Bonchev–Trinajstić information content (AvgIpc) is 2.47. The third-order valence-electron chi connectivity index (χ3n) is 3.88. The smallest absolute Gasteiger partial charge is 0.00418 e. The van der Waals surface area contributed by atoms with Crippen molar-refractivity contribution in [2.45, 2.75) is 6.42 Å². The van der Waals surface area contributed by atoms with Gasteiger partial charge in [-0.05, 0) is 48.7 Å². The van der Waals surface area contributed by atoms with Crippen molar-refractivity contribution in [1.29, 1.82) is 0 Å². The van der Waals surface area contributed by atoms with Crippen molar-refractivity contribution in [3.63, 3.8) is 0 Å². The zero-order valence-corrected chi connectivity index (χ0v) is 12.2. The Labute approximate surface area is 121 Å². The van der Waals surface area contributed by atoms with Crippen LogP contribution in [0, 0.1) is 5.92 Å². The van der Waals surface area contributed by atoms with Crippen LogP contribution in [0.3, 0.4) is 0 Å². The second kappa shape index (κ2) is 5.64. The maximum absolute atomic E-state index is 2.46. The van der Waals surface area contributed by atoms with Crippen LogP contribution in [0.5, 0.6) is 0 Å². The number of rotatable bonds is 3. The van der Waals surface area contributed by atoms with Gasteiger partial charge in [-0.1, -0.05) is 60.7 Å². The molecule has 0 aromatic heterocycles. The largest absolute Gasteiger partial charge is 0.309 e. The molecule has 1 atom stereocenters. The summed E-state index contributed by atoms with van der Waals surface area (Å²) in [5.41, 5.74) is 5.58. The summed E-state index contributed by atoms with van der Waals surface area (Å²) in [7, 11) is 4.30. The van der Waals surface area contributed by atoms with Crippen molar-refractivity contribution in [3.05, 3.63) is 77.4 Å². The van der Waals surface area contributed by atoms with E-state index in [4.69, 9.17) is 0 Å². The van der Waals surface area contributed by atoms with Crippen LogP contribution in [0.4, 0.5) is 0 Å². The lowest BCUT2D eigenvalue weighted by atomic mass is 9.82. The minimum Gasteiger partial charge on any atom is -0.309 e. The fraction of sp³-hybridized carbons (Fsp3) is 0.263. The topological polar surface area (TPSA) is 3.24 Å². The lowest BCUT2D eigenvalue weighted by Crippen LogP contribution is -2.24. The maximum Gasteiger partial charge on any atom is 0.00418 e. The van der Waals surface area contributed by atoms with E-state index in [2.05, 4.69) is 79.7 Å². The standard InChI is InChI=1S/C19H21N/c1-20(2)14-15-12-17-10-6-7-11-18(17)19(13-15)16-8-4-3-5-9-16/h3-11,13,15H,12,14H2,1-2H3. The van der Waals surface area contributed by atoms with Gasteiger partial charge in [0.15, 0.2) is 0 Å². The molecule has 1 heteroatoms. The van der Waals surface area contributed by atoms with Gasteiger partial charge < -0.3 is 4.90 Å². The second-order valence-corrected chi connectivity index (χ2v) is 5.83. The first kappa shape index (κ1) is 13.1. The van der Waals surface area contributed by atoms with Crippen molar-refractivity contribution in [2.24, 2.45) is 5.92 Å². The summed E-state index contributed by atoms with van der Waals surface area (Å²) in [6.45, 7) is 1.10. The van der Waals surface area contributed by atoms with E-state index in [0.717, 1.165) is 13.0 Å². The Morgan fingerprint density at radius 3 is 2.40 bits per heavy atom. The first-order valence-electron chi connectivity index (χ1n) is 7.24. The van der Waals surface area contributed by atoms with Crippen LogP contribution in [0.2, 0.25) is 0 Å². The highest BCUT2D eigenvalue weighted by molar-refractivity contribution is 5.82. The Morgan fingerprint density at radius 2 is 1.65 bits per heavy atom. The van der Waals surface area contributed by atoms with Crippen molar-refractivity contribution >= 4 is 5.57 Å². The van der Waals surface area contributed by atoms with Crippen molar-refractivity contribution in [2.75, 3.05) is 20.6 Å². The highest BCUT2D eigenvalue weighted by atomic mass is 15.1. The Hall–Kier alpha value is -1.86.